The summed E-state index contributed by atoms with van der Waals surface area (Å²) in [7, 11) is -0.368. The maximum atomic E-state index is 6.05. The molecule has 0 bridgehead atoms. The van der Waals surface area contributed by atoms with Crippen molar-refractivity contribution in [2.75, 3.05) is 5.73 Å². The van der Waals surface area contributed by atoms with E-state index < -0.39 is 0 Å². The summed E-state index contributed by atoms with van der Waals surface area (Å²) >= 11 is 0. The van der Waals surface area contributed by atoms with Gasteiger partial charge in [0.05, 0.1) is 16.7 Å². The molecule has 1 fully saturated rings. The minimum Gasteiger partial charge on any atom is -0.399 e. The molecule has 0 amide bonds. The Bertz CT molecular complexity index is 654. The number of nitrogens with two attached hydrogens (primary N) is 1. The van der Waals surface area contributed by atoms with Gasteiger partial charge in [-0.2, -0.15) is 0 Å². The fourth-order valence-electron chi connectivity index (χ4n) is 2.28. The quantitative estimate of drug-likeness (QED) is 0.806. The van der Waals surface area contributed by atoms with Crippen molar-refractivity contribution >= 4 is 29.3 Å². The standard InChI is InChI=1S/C15H19BN2O2/c1-14(2)15(3,4)20-16(19-14)11-7-5-10-6-8-13(17)18-12(10)9-11/h5-9H,1-4H3,(H2,17,18). The fourth-order valence-corrected chi connectivity index (χ4v) is 2.28. The summed E-state index contributed by atoms with van der Waals surface area (Å²) in [6.07, 6.45) is 0. The largest absolute Gasteiger partial charge is 0.494 e. The number of anilines is 1. The Kier molecular flexibility index (Phi) is 2.82. The van der Waals surface area contributed by atoms with E-state index in [1.54, 1.807) is 6.07 Å². The second kappa shape index (κ2) is 4.20. The molecular formula is C15H19BN2O2. The van der Waals surface area contributed by atoms with E-state index in [4.69, 9.17) is 15.0 Å². The lowest BCUT2D eigenvalue weighted by Gasteiger charge is -2.32. The molecule has 1 aromatic carbocycles. The molecule has 0 spiro atoms. The van der Waals surface area contributed by atoms with Crippen molar-refractivity contribution in [2.45, 2.75) is 38.9 Å². The normalized spacial score (nSPS) is 20.5. The number of fused-ring (bicyclic) bond motifs is 1. The van der Waals surface area contributed by atoms with Crippen LogP contribution >= 0.6 is 0 Å². The minimum atomic E-state index is -0.368. The number of pyridine rings is 1. The van der Waals surface area contributed by atoms with Gasteiger partial charge in [-0.15, -0.1) is 0 Å². The van der Waals surface area contributed by atoms with Crippen LogP contribution in [0, 0.1) is 0 Å². The van der Waals surface area contributed by atoms with Crippen LogP contribution in [-0.4, -0.2) is 23.3 Å². The smallest absolute Gasteiger partial charge is 0.399 e. The predicted octanol–water partition coefficient (Wildman–Crippen LogP) is 2.12. The SMILES string of the molecule is CC1(C)OB(c2ccc3ccc(N)nc3c2)OC1(C)C. The third-order valence-electron chi connectivity index (χ3n) is 4.26. The number of hydrogen-bond donors (Lipinski definition) is 1. The number of benzene rings is 1. The molecule has 104 valence electrons. The lowest BCUT2D eigenvalue weighted by molar-refractivity contribution is 0.00578. The molecule has 2 N–H and O–H groups in total. The summed E-state index contributed by atoms with van der Waals surface area (Å²) in [5, 5.41) is 1.06. The van der Waals surface area contributed by atoms with Gasteiger partial charge in [-0.25, -0.2) is 4.98 Å². The van der Waals surface area contributed by atoms with Gasteiger partial charge < -0.3 is 15.0 Å². The van der Waals surface area contributed by atoms with E-state index in [0.29, 0.717) is 5.82 Å². The van der Waals surface area contributed by atoms with E-state index in [2.05, 4.69) is 4.98 Å². The topological polar surface area (TPSA) is 57.4 Å². The molecule has 0 radical (unpaired) electrons. The minimum absolute atomic E-state index is 0.338. The Morgan fingerprint density at radius 2 is 1.60 bits per heavy atom. The average Bonchev–Trinajstić information content (AvgIpc) is 2.57. The first kappa shape index (κ1) is 13.4. The molecule has 0 saturated carbocycles. The molecule has 1 saturated heterocycles. The van der Waals surface area contributed by atoms with Crippen LogP contribution in [0.4, 0.5) is 5.82 Å². The van der Waals surface area contributed by atoms with Crippen LogP contribution in [0.2, 0.25) is 0 Å². The zero-order valence-corrected chi connectivity index (χ0v) is 12.3. The number of nitrogens with zero attached hydrogens (tertiary/aromatic N) is 1. The van der Waals surface area contributed by atoms with Crippen LogP contribution in [0.25, 0.3) is 10.9 Å². The van der Waals surface area contributed by atoms with E-state index in [1.807, 2.05) is 52.0 Å². The molecule has 3 rings (SSSR count). The van der Waals surface area contributed by atoms with Gasteiger partial charge in [-0.1, -0.05) is 12.1 Å². The Labute approximate surface area is 119 Å². The number of aromatic nitrogens is 1. The van der Waals surface area contributed by atoms with E-state index in [0.717, 1.165) is 16.4 Å². The molecule has 0 aliphatic carbocycles. The van der Waals surface area contributed by atoms with Gasteiger partial charge in [0.2, 0.25) is 0 Å². The highest BCUT2D eigenvalue weighted by atomic mass is 16.7. The van der Waals surface area contributed by atoms with E-state index in [9.17, 15) is 0 Å². The molecular weight excluding hydrogens is 251 g/mol. The number of rotatable bonds is 1. The lowest BCUT2D eigenvalue weighted by atomic mass is 9.79. The zero-order chi connectivity index (χ0) is 14.5. The zero-order valence-electron chi connectivity index (χ0n) is 12.3. The van der Waals surface area contributed by atoms with Gasteiger partial charge in [0.1, 0.15) is 5.82 Å². The van der Waals surface area contributed by atoms with Crippen LogP contribution in [0.15, 0.2) is 30.3 Å². The lowest BCUT2D eigenvalue weighted by Crippen LogP contribution is -2.41. The highest BCUT2D eigenvalue weighted by Crippen LogP contribution is 2.36. The van der Waals surface area contributed by atoms with Crippen molar-refractivity contribution in [3.63, 3.8) is 0 Å². The summed E-state index contributed by atoms with van der Waals surface area (Å²) in [5.41, 5.74) is 6.89. The Morgan fingerprint density at radius 3 is 2.25 bits per heavy atom. The molecule has 0 atom stereocenters. The molecule has 0 unspecified atom stereocenters. The molecule has 4 nitrogen and oxygen atoms in total. The van der Waals surface area contributed by atoms with Gasteiger partial charge in [-0.05, 0) is 51.4 Å². The Morgan fingerprint density at radius 1 is 1.00 bits per heavy atom. The highest BCUT2D eigenvalue weighted by molar-refractivity contribution is 6.62. The van der Waals surface area contributed by atoms with Crippen molar-refractivity contribution in [2.24, 2.45) is 0 Å². The molecule has 2 aromatic rings. The van der Waals surface area contributed by atoms with Gasteiger partial charge in [0.25, 0.3) is 0 Å². The summed E-state index contributed by atoms with van der Waals surface area (Å²) in [5.74, 6) is 0.517. The Hall–Kier alpha value is -1.59. The van der Waals surface area contributed by atoms with Gasteiger partial charge in [0, 0.05) is 5.39 Å². The summed E-state index contributed by atoms with van der Waals surface area (Å²) in [4.78, 5) is 4.35. The highest BCUT2D eigenvalue weighted by Gasteiger charge is 2.51. The van der Waals surface area contributed by atoms with Gasteiger partial charge in [0.15, 0.2) is 0 Å². The molecule has 20 heavy (non-hydrogen) atoms. The molecule has 2 heterocycles. The average molecular weight is 270 g/mol. The summed E-state index contributed by atoms with van der Waals surface area (Å²) < 4.78 is 12.1. The Balaban J connectivity index is 2.00. The first-order valence-electron chi connectivity index (χ1n) is 6.80. The number of hydrogen-bond acceptors (Lipinski definition) is 4. The monoisotopic (exact) mass is 270 g/mol. The van der Waals surface area contributed by atoms with Gasteiger partial charge >= 0.3 is 7.12 Å². The maximum Gasteiger partial charge on any atom is 0.494 e. The molecule has 1 aliphatic heterocycles. The van der Waals surface area contributed by atoms with Gasteiger partial charge in [-0.3, -0.25) is 0 Å². The van der Waals surface area contributed by atoms with E-state index in [1.165, 1.54) is 0 Å². The third-order valence-corrected chi connectivity index (χ3v) is 4.26. The van der Waals surface area contributed by atoms with Crippen LogP contribution < -0.4 is 11.2 Å². The van der Waals surface area contributed by atoms with Crippen LogP contribution in [0.1, 0.15) is 27.7 Å². The maximum absolute atomic E-state index is 6.05. The van der Waals surface area contributed by atoms with Crippen molar-refractivity contribution in [1.82, 2.24) is 4.98 Å². The van der Waals surface area contributed by atoms with E-state index in [-0.39, 0.29) is 18.3 Å². The van der Waals surface area contributed by atoms with Crippen LogP contribution in [0.3, 0.4) is 0 Å². The van der Waals surface area contributed by atoms with Crippen molar-refractivity contribution in [3.8, 4) is 0 Å². The molecule has 5 heteroatoms. The second-order valence-electron chi connectivity index (χ2n) is 6.28. The van der Waals surface area contributed by atoms with E-state index >= 15 is 0 Å². The van der Waals surface area contributed by atoms with Crippen molar-refractivity contribution in [1.29, 1.82) is 0 Å². The second-order valence-corrected chi connectivity index (χ2v) is 6.28. The predicted molar refractivity (Wildman–Crippen MR) is 81.9 cm³/mol. The summed E-state index contributed by atoms with van der Waals surface area (Å²) in [6.45, 7) is 8.18. The molecule has 1 aliphatic rings. The molecule has 1 aromatic heterocycles. The fraction of sp³-hybridized carbons (Fsp3) is 0.400. The van der Waals surface area contributed by atoms with Crippen molar-refractivity contribution < 1.29 is 9.31 Å². The summed E-state index contributed by atoms with van der Waals surface area (Å²) in [6, 6.07) is 9.78. The van der Waals surface area contributed by atoms with Crippen LogP contribution in [0.5, 0.6) is 0 Å². The van der Waals surface area contributed by atoms with Crippen LogP contribution in [-0.2, 0) is 9.31 Å². The number of nitrogen functional groups attached to an aromatic ring is 1. The third kappa shape index (κ3) is 2.07. The van der Waals surface area contributed by atoms with Crippen molar-refractivity contribution in [3.05, 3.63) is 30.3 Å². The first-order valence-corrected chi connectivity index (χ1v) is 6.80. The first-order chi connectivity index (χ1) is 9.28.